The van der Waals surface area contributed by atoms with Crippen molar-refractivity contribution in [1.29, 1.82) is 0 Å². The van der Waals surface area contributed by atoms with Crippen LogP contribution in [0.2, 0.25) is 0 Å². The fraction of sp³-hybridized carbons (Fsp3) is 0.652. The number of anilines is 1. The van der Waals surface area contributed by atoms with Crippen molar-refractivity contribution in [3.8, 4) is 0 Å². The van der Waals surface area contributed by atoms with Gasteiger partial charge in [-0.05, 0) is 77.4 Å². The highest BCUT2D eigenvalue weighted by atomic mass is 127. The molecule has 31 heavy (non-hydrogen) atoms. The van der Waals surface area contributed by atoms with Gasteiger partial charge in [0.1, 0.15) is 5.60 Å². The predicted octanol–water partition coefficient (Wildman–Crippen LogP) is 4.48. The van der Waals surface area contributed by atoms with E-state index in [-0.39, 0.29) is 24.0 Å². The Balaban J connectivity index is 0.00000900. The van der Waals surface area contributed by atoms with Crippen LogP contribution in [0.1, 0.15) is 53.0 Å². The molecule has 7 nitrogen and oxygen atoms in total. The number of unbranched alkanes of at least 4 members (excludes halogenated alkanes) is 1. The van der Waals surface area contributed by atoms with Crippen molar-refractivity contribution < 1.29 is 9.53 Å². The zero-order valence-electron chi connectivity index (χ0n) is 20.1. The van der Waals surface area contributed by atoms with Gasteiger partial charge >= 0.3 is 6.09 Å². The maximum Gasteiger partial charge on any atom is 0.412 e. The fourth-order valence-electron chi connectivity index (χ4n) is 2.93. The Kier molecular flexibility index (Phi) is 15.3. The summed E-state index contributed by atoms with van der Waals surface area (Å²) in [5, 5.41) is 9.47. The molecule has 1 amide bonds. The van der Waals surface area contributed by atoms with E-state index in [4.69, 9.17) is 4.74 Å². The number of halogens is 1. The number of rotatable bonds is 11. The summed E-state index contributed by atoms with van der Waals surface area (Å²) in [4.78, 5) is 18.5. The van der Waals surface area contributed by atoms with Gasteiger partial charge in [-0.3, -0.25) is 10.3 Å². The molecule has 0 atom stereocenters. The zero-order chi connectivity index (χ0) is 22.4. The molecule has 1 aromatic rings. The Morgan fingerprint density at radius 1 is 1.03 bits per heavy atom. The molecule has 0 unspecified atom stereocenters. The predicted molar refractivity (Wildman–Crippen MR) is 142 cm³/mol. The molecule has 0 radical (unpaired) electrons. The van der Waals surface area contributed by atoms with Crippen LogP contribution in [0.5, 0.6) is 0 Å². The summed E-state index contributed by atoms with van der Waals surface area (Å²) in [6, 6.07) is 7.81. The van der Waals surface area contributed by atoms with E-state index in [0.29, 0.717) is 0 Å². The van der Waals surface area contributed by atoms with E-state index in [2.05, 4.69) is 39.7 Å². The fourth-order valence-corrected chi connectivity index (χ4v) is 2.93. The summed E-state index contributed by atoms with van der Waals surface area (Å²) < 4.78 is 5.26. The summed E-state index contributed by atoms with van der Waals surface area (Å²) >= 11 is 0. The number of hydrogen-bond acceptors (Lipinski definition) is 4. The number of carbonyl (C=O) groups is 1. The van der Waals surface area contributed by atoms with Gasteiger partial charge in [0.2, 0.25) is 0 Å². The Morgan fingerprint density at radius 3 is 2.19 bits per heavy atom. The van der Waals surface area contributed by atoms with Crippen molar-refractivity contribution in [1.82, 2.24) is 15.5 Å². The number of amides is 1. The highest BCUT2D eigenvalue weighted by Gasteiger charge is 2.16. The Morgan fingerprint density at radius 2 is 1.65 bits per heavy atom. The van der Waals surface area contributed by atoms with Crippen LogP contribution < -0.4 is 16.0 Å². The standard InChI is InChI=1S/C23H41N5O2.HI/c1-7-28(8-2)18-10-9-16-25-21(24-6)26-17-15-19-11-13-20(14-12-19)27-22(29)30-23(3,4)5;/h11-14H,7-10,15-18H2,1-6H3,(H,27,29)(H2,24,25,26);1H. The number of carbonyl (C=O) groups excluding carboxylic acids is 1. The maximum absolute atomic E-state index is 11.8. The Bertz CT molecular complexity index is 640. The van der Waals surface area contributed by atoms with Crippen LogP contribution in [-0.2, 0) is 11.2 Å². The van der Waals surface area contributed by atoms with Gasteiger partial charge in [-0.25, -0.2) is 4.79 Å². The molecule has 178 valence electrons. The second kappa shape index (κ2) is 16.1. The molecule has 0 heterocycles. The van der Waals surface area contributed by atoms with Crippen molar-refractivity contribution in [3.63, 3.8) is 0 Å². The van der Waals surface area contributed by atoms with Crippen molar-refractivity contribution >= 4 is 41.7 Å². The molecule has 0 aliphatic carbocycles. The summed E-state index contributed by atoms with van der Waals surface area (Å²) in [5.74, 6) is 0.834. The average molecular weight is 548 g/mol. The number of guanidine groups is 1. The van der Waals surface area contributed by atoms with E-state index in [1.807, 2.05) is 45.0 Å². The molecule has 0 saturated heterocycles. The monoisotopic (exact) mass is 547 g/mol. The number of ether oxygens (including phenoxy) is 1. The summed E-state index contributed by atoms with van der Waals surface area (Å²) in [5.41, 5.74) is 1.41. The molecular formula is C23H42IN5O2. The zero-order valence-corrected chi connectivity index (χ0v) is 22.4. The van der Waals surface area contributed by atoms with E-state index >= 15 is 0 Å². The van der Waals surface area contributed by atoms with Gasteiger partial charge in [-0.15, -0.1) is 24.0 Å². The maximum atomic E-state index is 11.8. The summed E-state index contributed by atoms with van der Waals surface area (Å²) in [6.07, 6.45) is 2.75. The Hall–Kier alpha value is -1.55. The number of hydrogen-bond donors (Lipinski definition) is 3. The largest absolute Gasteiger partial charge is 0.444 e. The first-order chi connectivity index (χ1) is 14.3. The Labute approximate surface area is 205 Å². The minimum Gasteiger partial charge on any atom is -0.444 e. The third-order valence-electron chi connectivity index (χ3n) is 4.62. The summed E-state index contributed by atoms with van der Waals surface area (Å²) in [7, 11) is 1.79. The van der Waals surface area contributed by atoms with Crippen LogP contribution in [0.15, 0.2) is 29.3 Å². The lowest BCUT2D eigenvalue weighted by molar-refractivity contribution is 0.0636. The van der Waals surface area contributed by atoms with Gasteiger partial charge in [0.15, 0.2) is 5.96 Å². The van der Waals surface area contributed by atoms with E-state index in [1.54, 1.807) is 7.05 Å². The van der Waals surface area contributed by atoms with Gasteiger partial charge < -0.3 is 20.3 Å². The van der Waals surface area contributed by atoms with Crippen LogP contribution in [-0.4, -0.2) is 62.3 Å². The van der Waals surface area contributed by atoms with Crippen LogP contribution in [0.4, 0.5) is 10.5 Å². The van der Waals surface area contributed by atoms with E-state index in [0.717, 1.165) is 57.2 Å². The smallest absolute Gasteiger partial charge is 0.412 e. The SMILES string of the molecule is CCN(CC)CCCCNC(=NC)NCCc1ccc(NC(=O)OC(C)(C)C)cc1.I. The molecule has 8 heteroatoms. The van der Waals surface area contributed by atoms with Crippen LogP contribution in [0, 0.1) is 0 Å². The van der Waals surface area contributed by atoms with E-state index in [9.17, 15) is 4.79 Å². The molecule has 0 spiro atoms. The first kappa shape index (κ1) is 29.5. The highest BCUT2D eigenvalue weighted by molar-refractivity contribution is 14.0. The molecule has 0 saturated carbocycles. The molecule has 0 aromatic heterocycles. The van der Waals surface area contributed by atoms with E-state index < -0.39 is 11.7 Å². The number of aliphatic imine (C=N–C) groups is 1. The molecule has 1 aromatic carbocycles. The molecule has 3 N–H and O–H groups in total. The number of nitrogens with zero attached hydrogens (tertiary/aromatic N) is 2. The van der Waals surface area contributed by atoms with Crippen molar-refractivity contribution in [2.45, 2.75) is 59.5 Å². The molecule has 1 rings (SSSR count). The first-order valence-corrected chi connectivity index (χ1v) is 11.0. The van der Waals surface area contributed by atoms with Crippen LogP contribution in [0.25, 0.3) is 0 Å². The van der Waals surface area contributed by atoms with Gasteiger partial charge in [0.25, 0.3) is 0 Å². The number of nitrogens with one attached hydrogen (secondary N) is 3. The minimum absolute atomic E-state index is 0. The highest BCUT2D eigenvalue weighted by Crippen LogP contribution is 2.13. The normalized spacial score (nSPS) is 11.6. The molecule has 0 aliphatic heterocycles. The van der Waals surface area contributed by atoms with Crippen LogP contribution >= 0.6 is 24.0 Å². The lowest BCUT2D eigenvalue weighted by atomic mass is 10.1. The lowest BCUT2D eigenvalue weighted by Gasteiger charge is -2.19. The van der Waals surface area contributed by atoms with Crippen LogP contribution in [0.3, 0.4) is 0 Å². The topological polar surface area (TPSA) is 78.0 Å². The molecule has 0 fully saturated rings. The van der Waals surface area contributed by atoms with Crippen molar-refractivity contribution in [3.05, 3.63) is 29.8 Å². The number of benzene rings is 1. The first-order valence-electron chi connectivity index (χ1n) is 11.0. The minimum atomic E-state index is -0.506. The van der Waals surface area contributed by atoms with Gasteiger partial charge in [0, 0.05) is 25.8 Å². The second-order valence-electron chi connectivity index (χ2n) is 8.23. The quantitative estimate of drug-likeness (QED) is 0.165. The summed E-state index contributed by atoms with van der Waals surface area (Å²) in [6.45, 7) is 15.0. The molecular weight excluding hydrogens is 505 g/mol. The van der Waals surface area contributed by atoms with Gasteiger partial charge in [0.05, 0.1) is 0 Å². The molecule has 0 bridgehead atoms. The third kappa shape index (κ3) is 14.2. The average Bonchev–Trinajstić information content (AvgIpc) is 2.69. The van der Waals surface area contributed by atoms with Gasteiger partial charge in [-0.2, -0.15) is 0 Å². The van der Waals surface area contributed by atoms with E-state index in [1.165, 1.54) is 12.0 Å². The molecule has 0 aliphatic rings. The lowest BCUT2D eigenvalue weighted by Crippen LogP contribution is -2.39. The van der Waals surface area contributed by atoms with Gasteiger partial charge in [-0.1, -0.05) is 26.0 Å². The van der Waals surface area contributed by atoms with Crippen molar-refractivity contribution in [2.24, 2.45) is 4.99 Å². The second-order valence-corrected chi connectivity index (χ2v) is 8.23. The van der Waals surface area contributed by atoms with Crippen molar-refractivity contribution in [2.75, 3.05) is 45.1 Å². The third-order valence-corrected chi connectivity index (χ3v) is 4.62.